The van der Waals surface area contributed by atoms with Crippen molar-refractivity contribution in [3.8, 4) is 0 Å². The van der Waals surface area contributed by atoms with E-state index >= 15 is 0 Å². The number of rotatable bonds is 1. The maximum Gasteiger partial charge on any atom is 0.407 e. The monoisotopic (exact) mass is 235 g/mol. The normalized spacial score (nSPS) is 14.9. The molecule has 1 heterocycles. The highest BCUT2D eigenvalue weighted by Crippen LogP contribution is 2.18. The Morgan fingerprint density at radius 1 is 1.06 bits per heavy atom. The van der Waals surface area contributed by atoms with Crippen molar-refractivity contribution in [3.05, 3.63) is 34.9 Å². The standard InChI is InChI=1S/C12H13NO4/c14-11(15)10-2-1-8-3-5-13(12(16)17)6-4-9(8)7-10/h1-2,7H,3-6H2,(H,14,15)(H,16,17). The van der Waals surface area contributed by atoms with E-state index in [2.05, 4.69) is 0 Å². The summed E-state index contributed by atoms with van der Waals surface area (Å²) in [6, 6.07) is 4.99. The Morgan fingerprint density at radius 3 is 2.29 bits per heavy atom. The molecular formula is C12H13NO4. The number of amides is 1. The molecule has 0 aliphatic carbocycles. The Hall–Kier alpha value is -2.04. The molecular weight excluding hydrogens is 222 g/mol. The van der Waals surface area contributed by atoms with E-state index in [1.165, 1.54) is 4.90 Å². The van der Waals surface area contributed by atoms with Gasteiger partial charge in [0.05, 0.1) is 5.56 Å². The van der Waals surface area contributed by atoms with Crippen LogP contribution in [0.25, 0.3) is 0 Å². The Kier molecular flexibility index (Phi) is 2.99. The van der Waals surface area contributed by atoms with Gasteiger partial charge in [0, 0.05) is 13.1 Å². The average Bonchev–Trinajstić information content (AvgIpc) is 2.50. The van der Waals surface area contributed by atoms with E-state index in [0.29, 0.717) is 25.9 Å². The maximum atomic E-state index is 10.9. The number of hydrogen-bond donors (Lipinski definition) is 2. The van der Waals surface area contributed by atoms with Gasteiger partial charge in [0.2, 0.25) is 0 Å². The minimum Gasteiger partial charge on any atom is -0.478 e. The van der Waals surface area contributed by atoms with Gasteiger partial charge in [0.25, 0.3) is 0 Å². The van der Waals surface area contributed by atoms with Crippen molar-refractivity contribution in [3.63, 3.8) is 0 Å². The Balaban J connectivity index is 2.25. The molecule has 2 N–H and O–H groups in total. The number of aromatic carboxylic acids is 1. The summed E-state index contributed by atoms with van der Waals surface area (Å²) in [5.41, 5.74) is 2.24. The van der Waals surface area contributed by atoms with Crippen LogP contribution in [0.5, 0.6) is 0 Å². The highest BCUT2D eigenvalue weighted by Gasteiger charge is 2.18. The van der Waals surface area contributed by atoms with E-state index in [1.54, 1.807) is 18.2 Å². The summed E-state index contributed by atoms with van der Waals surface area (Å²) in [4.78, 5) is 23.1. The lowest BCUT2D eigenvalue weighted by atomic mass is 10.0. The summed E-state index contributed by atoms with van der Waals surface area (Å²) >= 11 is 0. The molecule has 2 rings (SSSR count). The van der Waals surface area contributed by atoms with Crippen molar-refractivity contribution in [2.75, 3.05) is 13.1 Å². The largest absolute Gasteiger partial charge is 0.478 e. The van der Waals surface area contributed by atoms with Crippen molar-refractivity contribution >= 4 is 12.1 Å². The molecule has 90 valence electrons. The molecule has 0 unspecified atom stereocenters. The van der Waals surface area contributed by atoms with E-state index in [0.717, 1.165) is 11.1 Å². The number of hydrogen-bond acceptors (Lipinski definition) is 2. The second kappa shape index (κ2) is 4.45. The first-order chi connectivity index (χ1) is 8.08. The minimum absolute atomic E-state index is 0.257. The van der Waals surface area contributed by atoms with Gasteiger partial charge in [-0.3, -0.25) is 0 Å². The van der Waals surface area contributed by atoms with E-state index in [4.69, 9.17) is 10.2 Å². The molecule has 0 radical (unpaired) electrons. The van der Waals surface area contributed by atoms with Crippen LogP contribution in [-0.2, 0) is 12.8 Å². The van der Waals surface area contributed by atoms with Gasteiger partial charge in [-0.2, -0.15) is 0 Å². The third-order valence-corrected chi connectivity index (χ3v) is 3.03. The van der Waals surface area contributed by atoms with E-state index in [1.807, 2.05) is 0 Å². The van der Waals surface area contributed by atoms with Gasteiger partial charge in [-0.05, 0) is 36.1 Å². The molecule has 0 saturated carbocycles. The van der Waals surface area contributed by atoms with E-state index in [-0.39, 0.29) is 5.56 Å². The zero-order chi connectivity index (χ0) is 12.4. The lowest BCUT2D eigenvalue weighted by molar-refractivity contribution is 0.0696. The second-order valence-corrected chi connectivity index (χ2v) is 4.06. The lowest BCUT2D eigenvalue weighted by Gasteiger charge is -2.14. The van der Waals surface area contributed by atoms with Crippen LogP contribution in [0.2, 0.25) is 0 Å². The number of nitrogens with zero attached hydrogens (tertiary/aromatic N) is 1. The fraction of sp³-hybridized carbons (Fsp3) is 0.333. The third kappa shape index (κ3) is 2.38. The number of benzene rings is 1. The highest BCUT2D eigenvalue weighted by atomic mass is 16.4. The molecule has 5 heteroatoms. The summed E-state index contributed by atoms with van der Waals surface area (Å²) in [7, 11) is 0. The number of carboxylic acid groups (broad SMARTS) is 2. The smallest absolute Gasteiger partial charge is 0.407 e. The molecule has 1 amide bonds. The zero-order valence-corrected chi connectivity index (χ0v) is 9.22. The first-order valence-corrected chi connectivity index (χ1v) is 5.41. The highest BCUT2D eigenvalue weighted by molar-refractivity contribution is 5.87. The van der Waals surface area contributed by atoms with Crippen LogP contribution in [-0.4, -0.2) is 40.3 Å². The molecule has 0 aromatic heterocycles. The Labute approximate surface area is 98.3 Å². The topological polar surface area (TPSA) is 77.8 Å². The molecule has 17 heavy (non-hydrogen) atoms. The number of carbonyl (C=O) groups is 2. The molecule has 0 fully saturated rings. The quantitative estimate of drug-likeness (QED) is 0.772. The summed E-state index contributed by atoms with van der Waals surface area (Å²) in [5.74, 6) is -0.952. The summed E-state index contributed by atoms with van der Waals surface area (Å²) < 4.78 is 0. The first kappa shape index (κ1) is 11.4. The van der Waals surface area contributed by atoms with E-state index in [9.17, 15) is 9.59 Å². The zero-order valence-electron chi connectivity index (χ0n) is 9.22. The van der Waals surface area contributed by atoms with Crippen LogP contribution in [0.1, 0.15) is 21.5 Å². The first-order valence-electron chi connectivity index (χ1n) is 5.41. The molecule has 0 spiro atoms. The fourth-order valence-corrected chi connectivity index (χ4v) is 2.05. The van der Waals surface area contributed by atoms with Gasteiger partial charge in [-0.25, -0.2) is 9.59 Å². The Bertz CT molecular complexity index is 470. The van der Waals surface area contributed by atoms with Crippen LogP contribution in [0, 0.1) is 0 Å². The summed E-state index contributed by atoms with van der Waals surface area (Å²) in [6.07, 6.45) is 0.292. The molecule has 1 aliphatic rings. The number of carboxylic acids is 1. The molecule has 5 nitrogen and oxygen atoms in total. The van der Waals surface area contributed by atoms with Gasteiger partial charge < -0.3 is 15.1 Å². The third-order valence-electron chi connectivity index (χ3n) is 3.03. The predicted octanol–water partition coefficient (Wildman–Crippen LogP) is 1.46. The van der Waals surface area contributed by atoms with Gasteiger partial charge >= 0.3 is 12.1 Å². The lowest BCUT2D eigenvalue weighted by Crippen LogP contribution is -2.31. The molecule has 1 aromatic rings. The van der Waals surface area contributed by atoms with Gasteiger partial charge in [0.15, 0.2) is 0 Å². The molecule has 1 aromatic carbocycles. The average molecular weight is 235 g/mol. The number of fused-ring (bicyclic) bond motifs is 1. The molecule has 0 atom stereocenters. The van der Waals surface area contributed by atoms with Crippen molar-refractivity contribution in [2.24, 2.45) is 0 Å². The Morgan fingerprint density at radius 2 is 1.71 bits per heavy atom. The SMILES string of the molecule is O=C(O)c1ccc2c(c1)CCN(C(=O)O)CC2. The van der Waals surface area contributed by atoms with Crippen LogP contribution < -0.4 is 0 Å². The molecule has 0 saturated heterocycles. The maximum absolute atomic E-state index is 10.9. The van der Waals surface area contributed by atoms with Gasteiger partial charge in [-0.1, -0.05) is 6.07 Å². The van der Waals surface area contributed by atoms with Crippen LogP contribution in [0.15, 0.2) is 18.2 Å². The van der Waals surface area contributed by atoms with Crippen molar-refractivity contribution in [1.29, 1.82) is 0 Å². The molecule has 0 bridgehead atoms. The summed E-state index contributed by atoms with van der Waals surface area (Å²) in [5, 5.41) is 17.8. The van der Waals surface area contributed by atoms with Gasteiger partial charge in [0.1, 0.15) is 0 Å². The minimum atomic E-state index is -0.952. The van der Waals surface area contributed by atoms with Crippen molar-refractivity contribution in [1.82, 2.24) is 4.90 Å². The predicted molar refractivity (Wildman–Crippen MR) is 60.4 cm³/mol. The van der Waals surface area contributed by atoms with Crippen molar-refractivity contribution in [2.45, 2.75) is 12.8 Å². The summed E-state index contributed by atoms with van der Waals surface area (Å²) in [6.45, 7) is 0.889. The second-order valence-electron chi connectivity index (χ2n) is 4.06. The van der Waals surface area contributed by atoms with Gasteiger partial charge in [-0.15, -0.1) is 0 Å². The van der Waals surface area contributed by atoms with Crippen molar-refractivity contribution < 1.29 is 19.8 Å². The van der Waals surface area contributed by atoms with Crippen LogP contribution >= 0.6 is 0 Å². The molecule has 1 aliphatic heterocycles. The van der Waals surface area contributed by atoms with Crippen LogP contribution in [0.4, 0.5) is 4.79 Å². The van der Waals surface area contributed by atoms with Crippen LogP contribution in [0.3, 0.4) is 0 Å². The van der Waals surface area contributed by atoms with E-state index < -0.39 is 12.1 Å². The fourth-order valence-electron chi connectivity index (χ4n) is 2.05.